The van der Waals surface area contributed by atoms with Crippen LogP contribution in [0.25, 0.3) is 4.85 Å². The third kappa shape index (κ3) is 2.85. The Balaban J connectivity index is 2.49. The average Bonchev–Trinajstić information content (AvgIpc) is 2.77. The maximum atomic E-state index is 12.6. The van der Waals surface area contributed by atoms with Gasteiger partial charge in [-0.25, -0.2) is 13.3 Å². The van der Waals surface area contributed by atoms with E-state index in [0.717, 1.165) is 10.4 Å². The van der Waals surface area contributed by atoms with Crippen LogP contribution in [0.3, 0.4) is 0 Å². The highest BCUT2D eigenvalue weighted by Gasteiger charge is 2.37. The molecule has 2 rings (SSSR count). The number of halogens is 3. The first kappa shape index (κ1) is 16.5. The Morgan fingerprint density at radius 2 is 2.05 bits per heavy atom. The van der Waals surface area contributed by atoms with Crippen molar-refractivity contribution in [2.45, 2.75) is 17.2 Å². The molecule has 5 nitrogen and oxygen atoms in total. The normalized spacial score (nSPS) is 20.1. The predicted octanol–water partition coefficient (Wildman–Crippen LogP) is 2.18. The molecule has 1 aromatic carbocycles. The average molecular weight is 332 g/mol. The molecule has 0 unspecified atom stereocenters. The zero-order valence-electron chi connectivity index (χ0n) is 11.1. The van der Waals surface area contributed by atoms with E-state index in [1.165, 1.54) is 0 Å². The molecule has 1 heterocycles. The third-order valence-corrected chi connectivity index (χ3v) is 5.11. The van der Waals surface area contributed by atoms with Crippen LogP contribution < -0.4 is 0 Å². The Labute approximate surface area is 125 Å². The second-order valence-corrected chi connectivity index (χ2v) is 6.67. The quantitative estimate of drug-likeness (QED) is 0.667. The number of aliphatic hydroxyl groups is 1. The molecule has 0 spiro atoms. The van der Waals surface area contributed by atoms with Gasteiger partial charge in [-0.15, -0.1) is 0 Å². The highest BCUT2D eigenvalue weighted by molar-refractivity contribution is 7.89. The van der Waals surface area contributed by atoms with Crippen LogP contribution in [0.5, 0.6) is 0 Å². The third-order valence-electron chi connectivity index (χ3n) is 3.25. The van der Waals surface area contributed by atoms with Crippen LogP contribution in [0.15, 0.2) is 35.2 Å². The lowest BCUT2D eigenvalue weighted by Gasteiger charge is -2.17. The van der Waals surface area contributed by atoms with Gasteiger partial charge in [0.25, 0.3) is 0 Å². The predicted molar refractivity (Wildman–Crippen MR) is 71.6 cm³/mol. The summed E-state index contributed by atoms with van der Waals surface area (Å²) in [6.07, 6.45) is -5.69. The van der Waals surface area contributed by atoms with E-state index in [4.69, 9.17) is 6.57 Å². The van der Waals surface area contributed by atoms with Gasteiger partial charge in [0.15, 0.2) is 0 Å². The first-order valence-corrected chi connectivity index (χ1v) is 7.46. The van der Waals surface area contributed by atoms with E-state index in [0.29, 0.717) is 17.7 Å². The van der Waals surface area contributed by atoms with Crippen LogP contribution in [-0.2, 0) is 16.2 Å². The van der Waals surface area contributed by atoms with Gasteiger partial charge in [0.1, 0.15) is 0 Å². The molecule has 1 aliphatic heterocycles. The number of hydrogen-bond acceptors (Lipinski definition) is 3. The van der Waals surface area contributed by atoms with Crippen molar-refractivity contribution in [2.24, 2.45) is 0 Å². The van der Waals surface area contributed by atoms with Gasteiger partial charge in [-0.3, -0.25) is 0 Å². The lowest BCUT2D eigenvalue weighted by molar-refractivity contribution is -0.137. The Morgan fingerprint density at radius 3 is 2.50 bits per heavy atom. The molecule has 1 N–H and O–H groups in total. The van der Waals surface area contributed by atoms with Crippen molar-refractivity contribution in [1.82, 2.24) is 4.31 Å². The number of hydrogen-bond donors (Lipinski definition) is 1. The van der Waals surface area contributed by atoms with Crippen molar-refractivity contribution in [3.8, 4) is 0 Å². The van der Waals surface area contributed by atoms with Crippen LogP contribution in [-0.4, -0.2) is 37.0 Å². The lowest BCUT2D eigenvalue weighted by atomic mass is 10.2. The van der Waals surface area contributed by atoms with Gasteiger partial charge in [0.2, 0.25) is 15.7 Å². The first-order chi connectivity index (χ1) is 10.1. The van der Waals surface area contributed by atoms with Gasteiger partial charge in [0, 0.05) is 18.7 Å². The molecule has 1 atom stereocenters. The molecule has 1 fully saturated rings. The smallest absolute Gasteiger partial charge is 0.387 e. The van der Waals surface area contributed by atoms with Crippen LogP contribution >= 0.6 is 0 Å². The summed E-state index contributed by atoms with van der Waals surface area (Å²) in [6.45, 7) is 10.1. The number of alkyl halides is 3. The number of nitrogens with zero attached hydrogens (tertiary/aromatic N) is 2. The molecule has 0 amide bonds. The fourth-order valence-corrected chi connectivity index (χ4v) is 3.60. The van der Waals surface area contributed by atoms with Crippen molar-refractivity contribution in [3.63, 3.8) is 0 Å². The molecule has 0 radical (unpaired) electrons. The summed E-state index contributed by atoms with van der Waals surface area (Å²) in [7, 11) is -4.18. The summed E-state index contributed by atoms with van der Waals surface area (Å²) in [6, 6.07) is 1.88. The summed E-state index contributed by atoms with van der Waals surface area (Å²) >= 11 is 0. The first-order valence-electron chi connectivity index (χ1n) is 6.02. The monoisotopic (exact) mass is 332 g/mol. The number of sulfonamides is 1. The molecule has 9 heteroatoms. The molecule has 0 saturated carbocycles. The van der Waals surface area contributed by atoms with E-state index in [-0.39, 0.29) is 13.1 Å². The molecule has 0 bridgehead atoms. The Hall–Kier alpha value is -1.89. The SMILES string of the molecule is [C-]#[N+]c1cc(C(F)(F)F)ccc1S(=O)(=O)N1CC(=C)[C@H](O)C1. The second kappa shape index (κ2) is 5.39. The number of benzene rings is 1. The molecular formula is C13H11F3N2O3S. The van der Waals surface area contributed by atoms with E-state index in [1.807, 2.05) is 0 Å². The molecule has 22 heavy (non-hydrogen) atoms. The van der Waals surface area contributed by atoms with E-state index in [2.05, 4.69) is 11.4 Å². The van der Waals surface area contributed by atoms with Crippen LogP contribution in [0.1, 0.15) is 5.56 Å². The Morgan fingerprint density at radius 1 is 1.41 bits per heavy atom. The lowest BCUT2D eigenvalue weighted by Crippen LogP contribution is -2.29. The fraction of sp³-hybridized carbons (Fsp3) is 0.308. The van der Waals surface area contributed by atoms with Gasteiger partial charge >= 0.3 is 6.18 Å². The molecular weight excluding hydrogens is 321 g/mol. The Bertz CT molecular complexity index is 766. The molecule has 0 aliphatic carbocycles. The van der Waals surface area contributed by atoms with Crippen LogP contribution in [0.2, 0.25) is 0 Å². The highest BCUT2D eigenvalue weighted by atomic mass is 32.2. The highest BCUT2D eigenvalue weighted by Crippen LogP contribution is 2.36. The Kier molecular flexibility index (Phi) is 4.04. The molecule has 0 aromatic heterocycles. The maximum Gasteiger partial charge on any atom is 0.415 e. The second-order valence-electron chi connectivity index (χ2n) is 4.76. The van der Waals surface area contributed by atoms with Gasteiger partial charge in [-0.2, -0.15) is 17.5 Å². The topological polar surface area (TPSA) is 62.0 Å². The maximum absolute atomic E-state index is 12.6. The van der Waals surface area contributed by atoms with Gasteiger partial charge < -0.3 is 5.11 Å². The van der Waals surface area contributed by atoms with Crippen molar-refractivity contribution in [2.75, 3.05) is 13.1 Å². The standard InChI is InChI=1S/C13H11F3N2O3S/c1-8-6-18(7-11(8)19)22(20,21)12-4-3-9(13(14,15)16)5-10(12)17-2/h3-5,11,19H,1,6-7H2/t11-/m1/s1. The van der Waals surface area contributed by atoms with Gasteiger partial charge in [-0.05, 0) is 11.6 Å². The minimum absolute atomic E-state index is 0.137. The van der Waals surface area contributed by atoms with E-state index in [9.17, 15) is 26.7 Å². The zero-order chi connectivity index (χ0) is 16.7. The summed E-state index contributed by atoms with van der Waals surface area (Å²) in [5, 5.41) is 9.54. The molecule has 118 valence electrons. The summed E-state index contributed by atoms with van der Waals surface area (Å²) < 4.78 is 63.6. The van der Waals surface area contributed by atoms with Crippen molar-refractivity contribution < 1.29 is 26.7 Å². The molecule has 1 aromatic rings. The van der Waals surface area contributed by atoms with Gasteiger partial charge in [-0.1, -0.05) is 18.7 Å². The largest absolute Gasteiger partial charge is 0.415 e. The number of rotatable bonds is 2. The van der Waals surface area contributed by atoms with Crippen molar-refractivity contribution in [3.05, 3.63) is 47.3 Å². The van der Waals surface area contributed by atoms with E-state index < -0.39 is 38.4 Å². The minimum atomic E-state index is -4.67. The summed E-state index contributed by atoms with van der Waals surface area (Å²) in [5.41, 5.74) is -1.41. The fourth-order valence-electron chi connectivity index (χ4n) is 2.04. The van der Waals surface area contributed by atoms with Crippen LogP contribution in [0, 0.1) is 6.57 Å². The van der Waals surface area contributed by atoms with E-state index >= 15 is 0 Å². The minimum Gasteiger partial charge on any atom is -0.387 e. The number of β-amino-alcohol motifs (C(OH)–C–C–N with tert-alkyl or cyclic N) is 1. The molecule has 1 aliphatic rings. The molecule has 1 saturated heterocycles. The van der Waals surface area contributed by atoms with Crippen molar-refractivity contribution in [1.29, 1.82) is 0 Å². The number of aliphatic hydroxyl groups excluding tert-OH is 1. The van der Waals surface area contributed by atoms with Crippen molar-refractivity contribution >= 4 is 15.7 Å². The van der Waals surface area contributed by atoms with E-state index in [1.54, 1.807) is 0 Å². The van der Waals surface area contributed by atoms with Gasteiger partial charge in [0.05, 0.1) is 17.6 Å². The summed E-state index contributed by atoms with van der Waals surface area (Å²) in [4.78, 5) is 2.36. The summed E-state index contributed by atoms with van der Waals surface area (Å²) in [5.74, 6) is 0. The zero-order valence-corrected chi connectivity index (χ0v) is 11.9. The van der Waals surface area contributed by atoms with Crippen LogP contribution in [0.4, 0.5) is 18.9 Å².